The van der Waals surface area contributed by atoms with Gasteiger partial charge < -0.3 is 10.3 Å². The maximum atomic E-state index is 4.21. The zero-order valence-electron chi connectivity index (χ0n) is 8.31. The van der Waals surface area contributed by atoms with E-state index in [0.29, 0.717) is 6.04 Å². The van der Waals surface area contributed by atoms with E-state index in [9.17, 15) is 0 Å². The first-order valence-corrected chi connectivity index (χ1v) is 4.59. The van der Waals surface area contributed by atoms with E-state index >= 15 is 0 Å². The van der Waals surface area contributed by atoms with Gasteiger partial charge in [-0.05, 0) is 5.41 Å². The summed E-state index contributed by atoms with van der Waals surface area (Å²) < 4.78 is 0. The van der Waals surface area contributed by atoms with Gasteiger partial charge in [0.1, 0.15) is 5.82 Å². The second kappa shape index (κ2) is 2.73. The van der Waals surface area contributed by atoms with Gasteiger partial charge in [0.05, 0.1) is 24.7 Å². The fourth-order valence-electron chi connectivity index (χ4n) is 1.74. The van der Waals surface area contributed by atoms with Crippen LogP contribution in [0.3, 0.4) is 0 Å². The second-order valence-electron chi connectivity index (χ2n) is 4.52. The van der Waals surface area contributed by atoms with Crippen LogP contribution in [0, 0.1) is 5.41 Å². The number of imidazole rings is 1. The van der Waals surface area contributed by atoms with E-state index < -0.39 is 0 Å². The molecule has 0 amide bonds. The number of fused-ring (bicyclic) bond motifs is 1. The van der Waals surface area contributed by atoms with Crippen LogP contribution in [0.2, 0.25) is 0 Å². The Bertz CT molecular complexity index is 297. The number of nitrogens with one attached hydrogen (secondary N) is 3. The summed E-state index contributed by atoms with van der Waals surface area (Å²) in [4.78, 5) is 7.39. The summed E-state index contributed by atoms with van der Waals surface area (Å²) in [5.74, 6) is 0.985. The average molecular weight is 180 g/mol. The van der Waals surface area contributed by atoms with Crippen LogP contribution in [0.1, 0.15) is 32.5 Å². The number of rotatable bonds is 0. The lowest BCUT2D eigenvalue weighted by atomic mass is 9.84. The van der Waals surface area contributed by atoms with Crippen LogP contribution in [0.25, 0.3) is 0 Å². The molecule has 4 heteroatoms. The smallest absolute Gasteiger partial charge is 0.149 e. The number of hydrogen-bond donors (Lipinski definition) is 3. The van der Waals surface area contributed by atoms with Gasteiger partial charge in [-0.3, -0.25) is 5.32 Å². The molecule has 0 unspecified atom stereocenters. The van der Waals surface area contributed by atoms with Crippen molar-refractivity contribution in [3.8, 4) is 0 Å². The summed E-state index contributed by atoms with van der Waals surface area (Å²) in [7, 11) is 0. The van der Waals surface area contributed by atoms with E-state index in [0.717, 1.165) is 12.5 Å². The molecule has 1 aliphatic rings. The van der Waals surface area contributed by atoms with Crippen molar-refractivity contribution in [3.63, 3.8) is 0 Å². The van der Waals surface area contributed by atoms with Crippen molar-refractivity contribution < 1.29 is 0 Å². The van der Waals surface area contributed by atoms with Crippen molar-refractivity contribution in [1.29, 1.82) is 0 Å². The first kappa shape index (κ1) is 8.56. The Morgan fingerprint density at radius 2 is 2.23 bits per heavy atom. The molecule has 1 aromatic heterocycles. The summed E-state index contributed by atoms with van der Waals surface area (Å²) in [5, 5.41) is 6.61. The Kier molecular flexibility index (Phi) is 1.80. The Morgan fingerprint density at radius 1 is 1.46 bits per heavy atom. The van der Waals surface area contributed by atoms with E-state index in [1.807, 2.05) is 0 Å². The Hall–Kier alpha value is -1.03. The third-order valence-corrected chi connectivity index (χ3v) is 2.39. The van der Waals surface area contributed by atoms with Gasteiger partial charge in [0.25, 0.3) is 0 Å². The van der Waals surface area contributed by atoms with E-state index in [1.165, 1.54) is 5.69 Å². The molecule has 0 spiro atoms. The van der Waals surface area contributed by atoms with E-state index in [1.54, 1.807) is 6.33 Å². The molecule has 1 aliphatic heterocycles. The molecule has 0 aliphatic carbocycles. The minimum atomic E-state index is 0.212. The number of hydrogen-bond acceptors (Lipinski definition) is 3. The monoisotopic (exact) mass is 180 g/mol. The van der Waals surface area contributed by atoms with Gasteiger partial charge in [-0.15, -0.1) is 0 Å². The average Bonchev–Trinajstić information content (AvgIpc) is 2.48. The molecule has 0 bridgehead atoms. The van der Waals surface area contributed by atoms with Crippen LogP contribution in [0.15, 0.2) is 6.33 Å². The van der Waals surface area contributed by atoms with Gasteiger partial charge >= 0.3 is 0 Å². The van der Waals surface area contributed by atoms with Gasteiger partial charge in [0.15, 0.2) is 0 Å². The van der Waals surface area contributed by atoms with Gasteiger partial charge in [0, 0.05) is 0 Å². The summed E-state index contributed by atoms with van der Waals surface area (Å²) in [6.07, 6.45) is 1.74. The minimum absolute atomic E-state index is 0.212. The molecule has 0 aromatic carbocycles. The third-order valence-electron chi connectivity index (χ3n) is 2.39. The SMILES string of the molecule is CC(C)(C)[C@@H]1NCNc2nc[nH]c21. The molecule has 0 saturated carbocycles. The molecule has 1 atom stereocenters. The van der Waals surface area contributed by atoms with Crippen LogP contribution < -0.4 is 10.6 Å². The molecular weight excluding hydrogens is 164 g/mol. The molecule has 1 aromatic rings. The van der Waals surface area contributed by atoms with Crippen molar-refractivity contribution in [2.24, 2.45) is 5.41 Å². The van der Waals surface area contributed by atoms with Crippen LogP contribution in [-0.4, -0.2) is 16.6 Å². The summed E-state index contributed by atoms with van der Waals surface area (Å²) in [6.45, 7) is 7.46. The van der Waals surface area contributed by atoms with Crippen LogP contribution in [-0.2, 0) is 0 Å². The van der Waals surface area contributed by atoms with Crippen molar-refractivity contribution in [1.82, 2.24) is 15.3 Å². The van der Waals surface area contributed by atoms with E-state index in [4.69, 9.17) is 0 Å². The van der Waals surface area contributed by atoms with Crippen molar-refractivity contribution in [3.05, 3.63) is 12.0 Å². The van der Waals surface area contributed by atoms with Gasteiger partial charge in [-0.25, -0.2) is 4.98 Å². The highest BCUT2D eigenvalue weighted by atomic mass is 15.2. The molecule has 4 nitrogen and oxygen atoms in total. The highest BCUT2D eigenvalue weighted by Crippen LogP contribution is 2.36. The zero-order valence-corrected chi connectivity index (χ0v) is 8.31. The molecule has 0 radical (unpaired) electrons. The van der Waals surface area contributed by atoms with Crippen molar-refractivity contribution in [2.75, 3.05) is 12.0 Å². The van der Waals surface area contributed by atoms with Crippen LogP contribution in [0.4, 0.5) is 5.82 Å². The summed E-state index contributed by atoms with van der Waals surface area (Å²) in [6, 6.07) is 0.353. The lowest BCUT2D eigenvalue weighted by Gasteiger charge is -2.34. The van der Waals surface area contributed by atoms with Gasteiger partial charge in [0.2, 0.25) is 0 Å². The van der Waals surface area contributed by atoms with Crippen molar-refractivity contribution in [2.45, 2.75) is 26.8 Å². The van der Waals surface area contributed by atoms with Crippen LogP contribution in [0.5, 0.6) is 0 Å². The summed E-state index contributed by atoms with van der Waals surface area (Å²) in [5.41, 5.74) is 1.38. The standard InChI is InChI=1S/C9H16N4/c1-9(2,3)7-6-8(12-4-10-6)13-5-11-7/h4,7,11,13H,5H2,1-3H3,(H,10,12)/t7-/m1/s1. The molecule has 72 valence electrons. The predicted molar refractivity (Wildman–Crippen MR) is 52.4 cm³/mol. The quantitative estimate of drug-likeness (QED) is 0.566. The predicted octanol–water partition coefficient (Wildman–Crippen LogP) is 1.47. The number of aromatic amines is 1. The highest BCUT2D eigenvalue weighted by Gasteiger charge is 2.31. The fraction of sp³-hybridized carbons (Fsp3) is 0.667. The Balaban J connectivity index is 2.35. The first-order valence-electron chi connectivity index (χ1n) is 4.59. The second-order valence-corrected chi connectivity index (χ2v) is 4.52. The zero-order chi connectivity index (χ0) is 9.47. The van der Waals surface area contributed by atoms with Gasteiger partial charge in [-0.1, -0.05) is 20.8 Å². The Morgan fingerprint density at radius 3 is 2.92 bits per heavy atom. The van der Waals surface area contributed by atoms with Crippen molar-refractivity contribution >= 4 is 5.82 Å². The summed E-state index contributed by atoms with van der Waals surface area (Å²) >= 11 is 0. The van der Waals surface area contributed by atoms with Gasteiger partial charge in [-0.2, -0.15) is 0 Å². The normalized spacial score (nSPS) is 22.2. The largest absolute Gasteiger partial charge is 0.356 e. The Labute approximate surface area is 78.1 Å². The number of aromatic nitrogens is 2. The van der Waals surface area contributed by atoms with E-state index in [-0.39, 0.29) is 5.41 Å². The molecular formula is C9H16N4. The maximum absolute atomic E-state index is 4.21. The first-order chi connectivity index (χ1) is 6.09. The number of nitrogens with zero attached hydrogens (tertiary/aromatic N) is 1. The fourth-order valence-corrected chi connectivity index (χ4v) is 1.74. The highest BCUT2D eigenvalue weighted by molar-refractivity contribution is 5.44. The molecule has 2 rings (SSSR count). The minimum Gasteiger partial charge on any atom is -0.356 e. The number of H-pyrrole nitrogens is 1. The lowest BCUT2D eigenvalue weighted by Crippen LogP contribution is -2.39. The maximum Gasteiger partial charge on any atom is 0.149 e. The van der Waals surface area contributed by atoms with E-state index in [2.05, 4.69) is 41.4 Å². The molecule has 0 fully saturated rings. The number of anilines is 1. The lowest BCUT2D eigenvalue weighted by molar-refractivity contribution is 0.268. The third kappa shape index (κ3) is 1.42. The molecule has 3 N–H and O–H groups in total. The topological polar surface area (TPSA) is 52.7 Å². The molecule has 2 heterocycles. The molecule has 13 heavy (non-hydrogen) atoms. The van der Waals surface area contributed by atoms with Crippen LogP contribution >= 0.6 is 0 Å². The molecule has 0 saturated heterocycles.